The zero-order valence-electron chi connectivity index (χ0n) is 13.4. The van der Waals surface area contributed by atoms with E-state index in [1.165, 1.54) is 12.8 Å². The molecule has 1 aliphatic heterocycles. The van der Waals surface area contributed by atoms with Gasteiger partial charge in [-0.25, -0.2) is 4.98 Å². The van der Waals surface area contributed by atoms with Gasteiger partial charge in [-0.1, -0.05) is 30.7 Å². The van der Waals surface area contributed by atoms with Crippen LogP contribution in [-0.2, 0) is 9.53 Å². The number of hydrogen-bond acceptors (Lipinski definition) is 5. The van der Waals surface area contributed by atoms with Crippen LogP contribution in [0.15, 0.2) is 29.4 Å². The number of aromatic nitrogens is 1. The highest BCUT2D eigenvalue weighted by molar-refractivity contribution is 8.00. The average Bonchev–Trinajstić information content (AvgIpc) is 3.09. The standard InChI is InChI=1S/C17H25N3O2S/c21-17(19-14-5-1-2-6-14)15(13-20-9-11-22-12-10-20)23-16-7-3-4-8-18-16/h3-4,7-8,14-15H,1-2,5-6,9-13H2,(H,19,21). The Bertz CT molecular complexity index is 488. The van der Waals surface area contributed by atoms with E-state index < -0.39 is 0 Å². The van der Waals surface area contributed by atoms with E-state index in [1.807, 2.05) is 18.2 Å². The summed E-state index contributed by atoms with van der Waals surface area (Å²) < 4.78 is 5.41. The molecule has 1 saturated heterocycles. The molecular weight excluding hydrogens is 310 g/mol. The molecule has 5 nitrogen and oxygen atoms in total. The topological polar surface area (TPSA) is 54.5 Å². The van der Waals surface area contributed by atoms with Crippen LogP contribution >= 0.6 is 11.8 Å². The number of nitrogens with one attached hydrogen (secondary N) is 1. The smallest absolute Gasteiger partial charge is 0.235 e. The predicted molar refractivity (Wildman–Crippen MR) is 91.5 cm³/mol. The molecule has 1 aromatic heterocycles. The molecule has 3 rings (SSSR count). The number of nitrogens with zero attached hydrogens (tertiary/aromatic N) is 2. The van der Waals surface area contributed by atoms with Crippen molar-refractivity contribution < 1.29 is 9.53 Å². The molecule has 126 valence electrons. The van der Waals surface area contributed by atoms with E-state index in [0.717, 1.165) is 50.7 Å². The summed E-state index contributed by atoms with van der Waals surface area (Å²) in [6, 6.07) is 6.20. The minimum atomic E-state index is -0.122. The molecule has 2 aliphatic rings. The lowest BCUT2D eigenvalue weighted by molar-refractivity contribution is -0.121. The van der Waals surface area contributed by atoms with Gasteiger partial charge < -0.3 is 10.1 Å². The Balaban J connectivity index is 1.62. The molecule has 1 aliphatic carbocycles. The number of thioether (sulfide) groups is 1. The molecule has 0 aromatic carbocycles. The molecular formula is C17H25N3O2S. The Morgan fingerprint density at radius 2 is 2.13 bits per heavy atom. The lowest BCUT2D eigenvalue weighted by Crippen LogP contribution is -2.47. The lowest BCUT2D eigenvalue weighted by Gasteiger charge is -2.30. The molecule has 1 N–H and O–H groups in total. The van der Waals surface area contributed by atoms with Crippen molar-refractivity contribution in [2.75, 3.05) is 32.8 Å². The first-order chi connectivity index (χ1) is 11.3. The van der Waals surface area contributed by atoms with E-state index in [1.54, 1.807) is 18.0 Å². The number of rotatable bonds is 6. The van der Waals surface area contributed by atoms with Crippen molar-refractivity contribution in [1.29, 1.82) is 0 Å². The van der Waals surface area contributed by atoms with Gasteiger partial charge in [0, 0.05) is 31.9 Å². The van der Waals surface area contributed by atoms with Crippen molar-refractivity contribution in [3.05, 3.63) is 24.4 Å². The van der Waals surface area contributed by atoms with E-state index in [9.17, 15) is 4.79 Å². The quantitative estimate of drug-likeness (QED) is 0.805. The highest BCUT2D eigenvalue weighted by Crippen LogP contribution is 2.24. The summed E-state index contributed by atoms with van der Waals surface area (Å²) in [7, 11) is 0. The van der Waals surface area contributed by atoms with E-state index >= 15 is 0 Å². The van der Waals surface area contributed by atoms with Gasteiger partial charge in [-0.2, -0.15) is 0 Å². The number of pyridine rings is 1. The highest BCUT2D eigenvalue weighted by atomic mass is 32.2. The molecule has 1 unspecified atom stereocenters. The molecule has 0 spiro atoms. The normalized spacial score (nSPS) is 21.2. The van der Waals surface area contributed by atoms with Crippen LogP contribution in [-0.4, -0.2) is 59.9 Å². The fraction of sp³-hybridized carbons (Fsp3) is 0.647. The largest absolute Gasteiger partial charge is 0.379 e. The van der Waals surface area contributed by atoms with Crippen LogP contribution in [0, 0.1) is 0 Å². The van der Waals surface area contributed by atoms with Gasteiger partial charge >= 0.3 is 0 Å². The summed E-state index contributed by atoms with van der Waals surface area (Å²) in [5.74, 6) is 0.152. The molecule has 1 atom stereocenters. The molecule has 1 saturated carbocycles. The summed E-state index contributed by atoms with van der Waals surface area (Å²) in [5, 5.41) is 4.03. The molecule has 0 bridgehead atoms. The van der Waals surface area contributed by atoms with Crippen LogP contribution in [0.5, 0.6) is 0 Å². The molecule has 1 aromatic rings. The van der Waals surface area contributed by atoms with Gasteiger partial charge in [0.1, 0.15) is 5.25 Å². The van der Waals surface area contributed by atoms with E-state index in [2.05, 4.69) is 15.2 Å². The number of carbonyl (C=O) groups excluding carboxylic acids is 1. The highest BCUT2D eigenvalue weighted by Gasteiger charge is 2.27. The minimum absolute atomic E-state index is 0.122. The zero-order chi connectivity index (χ0) is 15.9. The van der Waals surface area contributed by atoms with Crippen molar-refractivity contribution >= 4 is 17.7 Å². The Hall–Kier alpha value is -1.11. The first-order valence-corrected chi connectivity index (χ1v) is 9.37. The average molecular weight is 335 g/mol. The Morgan fingerprint density at radius 1 is 1.35 bits per heavy atom. The van der Waals surface area contributed by atoms with Crippen LogP contribution in [0.1, 0.15) is 25.7 Å². The van der Waals surface area contributed by atoms with E-state index in [-0.39, 0.29) is 11.2 Å². The number of ether oxygens (including phenoxy) is 1. The van der Waals surface area contributed by atoms with Crippen LogP contribution in [0.3, 0.4) is 0 Å². The van der Waals surface area contributed by atoms with Crippen LogP contribution in [0.2, 0.25) is 0 Å². The van der Waals surface area contributed by atoms with Gasteiger partial charge in [0.15, 0.2) is 0 Å². The first-order valence-electron chi connectivity index (χ1n) is 8.49. The summed E-state index contributed by atoms with van der Waals surface area (Å²) in [6.45, 7) is 4.06. The second-order valence-electron chi connectivity index (χ2n) is 6.18. The van der Waals surface area contributed by atoms with E-state index in [0.29, 0.717) is 6.04 Å². The summed E-state index contributed by atoms with van der Waals surface area (Å²) in [4.78, 5) is 19.4. The van der Waals surface area contributed by atoms with Crippen LogP contribution in [0.25, 0.3) is 0 Å². The third kappa shape index (κ3) is 5.19. The third-order valence-corrected chi connectivity index (χ3v) is 5.55. The third-order valence-electron chi connectivity index (χ3n) is 4.42. The maximum absolute atomic E-state index is 12.8. The molecule has 1 amide bonds. The Morgan fingerprint density at radius 3 is 2.83 bits per heavy atom. The fourth-order valence-corrected chi connectivity index (χ4v) is 4.15. The van der Waals surface area contributed by atoms with Crippen LogP contribution < -0.4 is 5.32 Å². The van der Waals surface area contributed by atoms with E-state index in [4.69, 9.17) is 4.74 Å². The second kappa shape index (κ2) is 8.66. The Kier molecular flexibility index (Phi) is 6.30. The maximum Gasteiger partial charge on any atom is 0.235 e. The van der Waals surface area contributed by atoms with Gasteiger partial charge in [-0.15, -0.1) is 0 Å². The molecule has 2 heterocycles. The molecule has 6 heteroatoms. The monoisotopic (exact) mass is 335 g/mol. The van der Waals surface area contributed by atoms with Crippen molar-refractivity contribution in [3.8, 4) is 0 Å². The van der Waals surface area contributed by atoms with Gasteiger partial charge in [0.2, 0.25) is 5.91 Å². The predicted octanol–water partition coefficient (Wildman–Crippen LogP) is 1.93. The minimum Gasteiger partial charge on any atom is -0.379 e. The number of hydrogen-bond donors (Lipinski definition) is 1. The van der Waals surface area contributed by atoms with Crippen molar-refractivity contribution in [3.63, 3.8) is 0 Å². The lowest BCUT2D eigenvalue weighted by atomic mass is 10.2. The van der Waals surface area contributed by atoms with Gasteiger partial charge in [-0.3, -0.25) is 9.69 Å². The van der Waals surface area contributed by atoms with Crippen molar-refractivity contribution in [2.24, 2.45) is 0 Å². The number of morpholine rings is 1. The Labute approximate surface area is 142 Å². The zero-order valence-corrected chi connectivity index (χ0v) is 14.3. The van der Waals surface area contributed by atoms with Gasteiger partial charge in [0.05, 0.1) is 18.2 Å². The maximum atomic E-state index is 12.8. The molecule has 0 radical (unpaired) electrons. The summed E-state index contributed by atoms with van der Waals surface area (Å²) in [5.41, 5.74) is 0. The SMILES string of the molecule is O=C(NC1CCCC1)C(CN1CCOCC1)Sc1ccccn1. The summed E-state index contributed by atoms with van der Waals surface area (Å²) >= 11 is 1.57. The second-order valence-corrected chi connectivity index (χ2v) is 7.40. The van der Waals surface area contributed by atoms with Crippen molar-refractivity contribution in [2.45, 2.75) is 42.0 Å². The number of amides is 1. The van der Waals surface area contributed by atoms with Gasteiger partial charge in [-0.05, 0) is 25.0 Å². The van der Waals surface area contributed by atoms with Crippen LogP contribution in [0.4, 0.5) is 0 Å². The molecule has 2 fully saturated rings. The molecule has 23 heavy (non-hydrogen) atoms. The van der Waals surface area contributed by atoms with Crippen molar-refractivity contribution in [1.82, 2.24) is 15.2 Å². The van der Waals surface area contributed by atoms with Gasteiger partial charge in [0.25, 0.3) is 0 Å². The summed E-state index contributed by atoms with van der Waals surface area (Å²) in [6.07, 6.45) is 6.47. The number of carbonyl (C=O) groups is 1. The fourth-order valence-electron chi connectivity index (χ4n) is 3.12. The first kappa shape index (κ1) is 16.7.